The minimum Gasteiger partial charge on any atom is -0.476 e. The van der Waals surface area contributed by atoms with Gasteiger partial charge in [-0.3, -0.25) is 9.58 Å². The van der Waals surface area contributed by atoms with Crippen molar-refractivity contribution in [2.45, 2.75) is 38.3 Å². The summed E-state index contributed by atoms with van der Waals surface area (Å²) in [6.07, 6.45) is 4.24. The molecule has 1 atom stereocenters. The summed E-state index contributed by atoms with van der Waals surface area (Å²) in [4.78, 5) is 13.2. The van der Waals surface area contributed by atoms with E-state index in [-0.39, 0.29) is 12.3 Å². The zero-order valence-electron chi connectivity index (χ0n) is 11.2. The lowest BCUT2D eigenvalue weighted by Gasteiger charge is -2.35. The topological polar surface area (TPSA) is 78.6 Å². The van der Waals surface area contributed by atoms with Gasteiger partial charge in [-0.1, -0.05) is 6.42 Å². The van der Waals surface area contributed by atoms with Gasteiger partial charge in [0.05, 0.1) is 5.69 Å². The van der Waals surface area contributed by atoms with E-state index in [1.807, 2.05) is 0 Å². The number of aromatic carboxylic acids is 1. The van der Waals surface area contributed by atoms with Gasteiger partial charge in [0.2, 0.25) is 0 Å². The normalized spacial score (nSPS) is 20.6. The lowest BCUT2D eigenvalue weighted by atomic mass is 9.99. The molecule has 0 unspecified atom stereocenters. The second kappa shape index (κ2) is 6.16. The van der Waals surface area contributed by atoms with Gasteiger partial charge in [0, 0.05) is 26.2 Å². The Morgan fingerprint density at radius 3 is 2.95 bits per heavy atom. The molecule has 0 aliphatic carbocycles. The summed E-state index contributed by atoms with van der Waals surface area (Å²) < 4.78 is 1.63. The number of piperidine rings is 1. The SMILES string of the molecule is Cn1nc(C(=O)O)cc1CN1CCCC[C@H]1CCO. The Morgan fingerprint density at radius 2 is 2.32 bits per heavy atom. The molecule has 1 aliphatic rings. The number of carbonyl (C=O) groups is 1. The average Bonchev–Trinajstić information content (AvgIpc) is 2.74. The zero-order chi connectivity index (χ0) is 13.8. The van der Waals surface area contributed by atoms with E-state index in [4.69, 9.17) is 10.2 Å². The van der Waals surface area contributed by atoms with Crippen molar-refractivity contribution in [1.29, 1.82) is 0 Å². The highest BCUT2D eigenvalue weighted by Gasteiger charge is 2.23. The predicted octanol–water partition coefficient (Wildman–Crippen LogP) is 0.855. The first-order valence-corrected chi connectivity index (χ1v) is 6.73. The van der Waals surface area contributed by atoms with Crippen LogP contribution in [0.5, 0.6) is 0 Å². The number of rotatable bonds is 5. The molecule has 1 saturated heterocycles. The van der Waals surface area contributed by atoms with Crippen LogP contribution in [0, 0.1) is 0 Å². The van der Waals surface area contributed by atoms with E-state index < -0.39 is 5.97 Å². The van der Waals surface area contributed by atoms with Gasteiger partial charge in [0.15, 0.2) is 5.69 Å². The summed E-state index contributed by atoms with van der Waals surface area (Å²) in [5, 5.41) is 22.0. The van der Waals surface area contributed by atoms with Gasteiger partial charge in [-0.25, -0.2) is 4.79 Å². The summed E-state index contributed by atoms with van der Waals surface area (Å²) in [6, 6.07) is 2.02. The summed E-state index contributed by atoms with van der Waals surface area (Å²) >= 11 is 0. The van der Waals surface area contributed by atoms with Crippen LogP contribution < -0.4 is 0 Å². The number of aliphatic hydroxyl groups is 1. The molecule has 0 aromatic carbocycles. The van der Waals surface area contributed by atoms with Crippen LogP contribution in [0.15, 0.2) is 6.07 Å². The molecule has 2 heterocycles. The van der Waals surface area contributed by atoms with Crippen LogP contribution in [-0.4, -0.2) is 50.1 Å². The lowest BCUT2D eigenvalue weighted by Crippen LogP contribution is -2.39. The summed E-state index contributed by atoms with van der Waals surface area (Å²) in [7, 11) is 1.77. The molecule has 1 aromatic heterocycles. The highest BCUT2D eigenvalue weighted by Crippen LogP contribution is 2.21. The summed E-state index contributed by atoms with van der Waals surface area (Å²) in [5.41, 5.74) is 0.996. The zero-order valence-corrected chi connectivity index (χ0v) is 11.2. The monoisotopic (exact) mass is 267 g/mol. The summed E-state index contributed by atoms with van der Waals surface area (Å²) in [6.45, 7) is 1.90. The molecule has 19 heavy (non-hydrogen) atoms. The van der Waals surface area contributed by atoms with Crippen LogP contribution in [0.2, 0.25) is 0 Å². The third-order valence-electron chi connectivity index (χ3n) is 3.77. The smallest absolute Gasteiger partial charge is 0.356 e. The van der Waals surface area contributed by atoms with E-state index in [1.54, 1.807) is 17.8 Å². The fourth-order valence-electron chi connectivity index (χ4n) is 2.71. The van der Waals surface area contributed by atoms with E-state index in [0.717, 1.165) is 31.5 Å². The number of carboxylic acids is 1. The second-order valence-corrected chi connectivity index (χ2v) is 5.08. The van der Waals surface area contributed by atoms with E-state index in [1.165, 1.54) is 6.42 Å². The molecule has 0 bridgehead atoms. The Balaban J connectivity index is 2.08. The first-order valence-electron chi connectivity index (χ1n) is 6.73. The molecule has 1 aromatic rings. The molecular formula is C13H21N3O3. The fraction of sp³-hybridized carbons (Fsp3) is 0.692. The Kier molecular flexibility index (Phi) is 4.55. The Morgan fingerprint density at radius 1 is 1.53 bits per heavy atom. The van der Waals surface area contributed by atoms with Crippen LogP contribution >= 0.6 is 0 Å². The van der Waals surface area contributed by atoms with Crippen molar-refractivity contribution >= 4 is 5.97 Å². The first-order chi connectivity index (χ1) is 9.11. The van der Waals surface area contributed by atoms with Crippen molar-refractivity contribution in [3.05, 3.63) is 17.5 Å². The number of hydrogen-bond acceptors (Lipinski definition) is 4. The average molecular weight is 267 g/mol. The largest absolute Gasteiger partial charge is 0.476 e. The summed E-state index contributed by atoms with van der Waals surface area (Å²) in [5.74, 6) is -0.993. The highest BCUT2D eigenvalue weighted by atomic mass is 16.4. The second-order valence-electron chi connectivity index (χ2n) is 5.08. The molecule has 2 N–H and O–H groups in total. The number of carboxylic acid groups (broad SMARTS) is 1. The number of nitrogens with zero attached hydrogens (tertiary/aromatic N) is 3. The third kappa shape index (κ3) is 3.33. The molecule has 1 aliphatic heterocycles. The minimum absolute atomic E-state index is 0.0909. The standard InChI is InChI=1S/C13H21N3O3/c1-15-11(8-12(14-15)13(18)19)9-16-6-3-2-4-10(16)5-7-17/h8,10,17H,2-7,9H2,1H3,(H,18,19)/t10-/m0/s1. The van der Waals surface area contributed by atoms with Crippen molar-refractivity contribution in [3.63, 3.8) is 0 Å². The van der Waals surface area contributed by atoms with Gasteiger partial charge < -0.3 is 10.2 Å². The highest BCUT2D eigenvalue weighted by molar-refractivity contribution is 5.85. The Labute approximate surface area is 112 Å². The van der Waals surface area contributed by atoms with Crippen molar-refractivity contribution < 1.29 is 15.0 Å². The minimum atomic E-state index is -0.993. The first kappa shape index (κ1) is 14.0. The number of likely N-dealkylation sites (tertiary alicyclic amines) is 1. The number of aromatic nitrogens is 2. The van der Waals surface area contributed by atoms with Gasteiger partial charge in [0.25, 0.3) is 0 Å². The predicted molar refractivity (Wildman–Crippen MR) is 69.9 cm³/mol. The van der Waals surface area contributed by atoms with Gasteiger partial charge in [-0.05, 0) is 31.9 Å². The maximum absolute atomic E-state index is 10.9. The lowest BCUT2D eigenvalue weighted by molar-refractivity contribution is 0.0689. The van der Waals surface area contributed by atoms with E-state index in [0.29, 0.717) is 12.6 Å². The van der Waals surface area contributed by atoms with Crippen LogP contribution in [0.4, 0.5) is 0 Å². The van der Waals surface area contributed by atoms with Gasteiger partial charge in [0.1, 0.15) is 0 Å². The van der Waals surface area contributed by atoms with Crippen LogP contribution in [0.25, 0.3) is 0 Å². The molecule has 6 heteroatoms. The quantitative estimate of drug-likeness (QED) is 0.827. The molecule has 1 fully saturated rings. The third-order valence-corrected chi connectivity index (χ3v) is 3.77. The Bertz CT molecular complexity index is 442. The van der Waals surface area contributed by atoms with Gasteiger partial charge in [-0.15, -0.1) is 0 Å². The molecule has 2 rings (SSSR count). The molecule has 0 amide bonds. The van der Waals surface area contributed by atoms with Crippen molar-refractivity contribution in [1.82, 2.24) is 14.7 Å². The molecular weight excluding hydrogens is 246 g/mol. The van der Waals surface area contributed by atoms with Crippen molar-refractivity contribution in [3.8, 4) is 0 Å². The molecule has 106 valence electrons. The van der Waals surface area contributed by atoms with Crippen LogP contribution in [0.3, 0.4) is 0 Å². The van der Waals surface area contributed by atoms with Crippen molar-refractivity contribution in [2.75, 3.05) is 13.2 Å². The maximum atomic E-state index is 10.9. The number of hydrogen-bond donors (Lipinski definition) is 2. The maximum Gasteiger partial charge on any atom is 0.356 e. The van der Waals surface area contributed by atoms with Crippen LogP contribution in [-0.2, 0) is 13.6 Å². The van der Waals surface area contributed by atoms with E-state index >= 15 is 0 Å². The van der Waals surface area contributed by atoms with Crippen LogP contribution in [0.1, 0.15) is 41.9 Å². The molecule has 0 saturated carbocycles. The molecule has 0 spiro atoms. The number of aryl methyl sites for hydroxylation is 1. The number of aliphatic hydroxyl groups excluding tert-OH is 1. The van der Waals surface area contributed by atoms with E-state index in [2.05, 4.69) is 10.00 Å². The Hall–Kier alpha value is -1.40. The van der Waals surface area contributed by atoms with Crippen molar-refractivity contribution in [2.24, 2.45) is 7.05 Å². The fourth-order valence-corrected chi connectivity index (χ4v) is 2.71. The molecule has 6 nitrogen and oxygen atoms in total. The van der Waals surface area contributed by atoms with E-state index in [9.17, 15) is 4.79 Å². The van der Waals surface area contributed by atoms with Gasteiger partial charge >= 0.3 is 5.97 Å². The van der Waals surface area contributed by atoms with Gasteiger partial charge in [-0.2, -0.15) is 5.10 Å². The molecule has 0 radical (unpaired) electrons.